The normalized spacial score (nSPS) is 13.0. The molecule has 1 N–H and O–H groups in total. The molecule has 0 spiro atoms. The Morgan fingerprint density at radius 2 is 1.22 bits per heavy atom. The predicted octanol–water partition coefficient (Wildman–Crippen LogP) is 5.34. The van der Waals surface area contributed by atoms with Gasteiger partial charge in [0.25, 0.3) is 0 Å². The molecule has 0 aromatic heterocycles. The number of aromatic carboxylic acids is 1. The van der Waals surface area contributed by atoms with Gasteiger partial charge in [0.05, 0.1) is 0 Å². The van der Waals surface area contributed by atoms with Crippen molar-refractivity contribution in [3.63, 3.8) is 0 Å². The number of unbranched alkanes of at least 4 members (excludes halogenated alkanes) is 1. The average molecular weight is 521 g/mol. The van der Waals surface area contributed by atoms with Crippen LogP contribution in [0.5, 0.6) is 0 Å². The van der Waals surface area contributed by atoms with Crippen molar-refractivity contribution in [3.05, 3.63) is 121 Å². The van der Waals surface area contributed by atoms with Crippen LogP contribution in [0.25, 0.3) is 0 Å². The Morgan fingerprint density at radius 1 is 0.750 bits per heavy atom. The van der Waals surface area contributed by atoms with E-state index in [4.69, 9.17) is 3.97 Å². The van der Waals surface area contributed by atoms with E-state index >= 15 is 0 Å². The Hall–Kier alpha value is -3.31. The minimum atomic E-state index is -4.41. The van der Waals surface area contributed by atoms with Gasteiger partial charge in [0.15, 0.2) is 0 Å². The van der Waals surface area contributed by atoms with Crippen LogP contribution in [0.15, 0.2) is 120 Å². The first-order valence-electron chi connectivity index (χ1n) is 11.8. The molecule has 4 aromatic carbocycles. The average Bonchev–Trinajstić information content (AvgIpc) is 2.93. The first kappa shape index (κ1) is 25.8. The fourth-order valence-corrected chi connectivity index (χ4v) is 13.7. The summed E-state index contributed by atoms with van der Waals surface area (Å²) in [4.78, 5) is 11.4. The quantitative estimate of drug-likeness (QED) is 0.286. The Kier molecular flexibility index (Phi) is 7.41. The topological polar surface area (TPSA) is 80.7 Å². The molecule has 4 aromatic rings. The van der Waals surface area contributed by atoms with Crippen molar-refractivity contribution < 1.29 is 22.3 Å². The van der Waals surface area contributed by atoms with Crippen LogP contribution in [0.1, 0.15) is 30.1 Å². The van der Waals surface area contributed by atoms with Crippen molar-refractivity contribution in [2.24, 2.45) is 0 Å². The first-order valence-corrected chi connectivity index (χ1v) is 15.6. The number of carbonyl (C=O) groups is 1. The second kappa shape index (κ2) is 10.4. The number of hydrogen-bond donors (Lipinski definition) is 1. The molecule has 0 amide bonds. The molecule has 4 rings (SSSR count). The molecule has 0 heterocycles. The second-order valence-corrected chi connectivity index (χ2v) is 15.1. The number of carboxylic acid groups (broad SMARTS) is 1. The van der Waals surface area contributed by atoms with Crippen LogP contribution in [0.3, 0.4) is 0 Å². The van der Waals surface area contributed by atoms with Gasteiger partial charge in [-0.3, -0.25) is 0 Å². The van der Waals surface area contributed by atoms with Gasteiger partial charge in [0.2, 0.25) is 0 Å². The third-order valence-electron chi connectivity index (χ3n) is 6.48. The Morgan fingerprint density at radius 3 is 1.64 bits per heavy atom. The molecule has 0 saturated carbocycles. The van der Waals surface area contributed by atoms with Gasteiger partial charge >= 0.3 is 213 Å². The van der Waals surface area contributed by atoms with Crippen molar-refractivity contribution >= 4 is 38.8 Å². The Labute approximate surface area is 212 Å². The summed E-state index contributed by atoms with van der Waals surface area (Å²) in [6.07, 6.45) is 2.03. The van der Waals surface area contributed by atoms with Gasteiger partial charge in [0.1, 0.15) is 0 Å². The van der Waals surface area contributed by atoms with Crippen LogP contribution in [0, 0.1) is 0 Å². The van der Waals surface area contributed by atoms with Crippen LogP contribution in [-0.2, 0) is 14.1 Å². The van der Waals surface area contributed by atoms with E-state index in [1.807, 2.05) is 91.0 Å². The molecule has 0 unspecified atom stereocenters. The molecule has 7 heteroatoms. The van der Waals surface area contributed by atoms with Crippen LogP contribution in [-0.4, -0.2) is 25.7 Å². The second-order valence-electron chi connectivity index (χ2n) is 8.66. The minimum absolute atomic E-state index is 0.118. The molecule has 0 aliphatic carbocycles. The zero-order valence-electron chi connectivity index (χ0n) is 20.0. The van der Waals surface area contributed by atoms with Crippen molar-refractivity contribution in [2.75, 3.05) is 6.16 Å². The van der Waals surface area contributed by atoms with Crippen molar-refractivity contribution in [1.82, 2.24) is 0 Å². The molecule has 0 aliphatic heterocycles. The van der Waals surface area contributed by atoms with Crippen molar-refractivity contribution in [1.29, 1.82) is 0 Å². The zero-order valence-corrected chi connectivity index (χ0v) is 21.7. The summed E-state index contributed by atoms with van der Waals surface area (Å²) in [5.41, 5.74) is -0.118. The van der Waals surface area contributed by atoms with Crippen LogP contribution in [0.2, 0.25) is 0 Å². The van der Waals surface area contributed by atoms with Gasteiger partial charge in [-0.05, 0) is 0 Å². The molecular formula is C29H29O5PS. The van der Waals surface area contributed by atoms with Crippen LogP contribution >= 0.6 is 6.83 Å². The summed E-state index contributed by atoms with van der Waals surface area (Å²) in [7, 11) is -4.41. The summed E-state index contributed by atoms with van der Waals surface area (Å²) in [5, 5.41) is 11.9. The summed E-state index contributed by atoms with van der Waals surface area (Å²) in [6, 6.07) is 34.1. The van der Waals surface area contributed by atoms with Gasteiger partial charge < -0.3 is 0 Å². The summed E-state index contributed by atoms with van der Waals surface area (Å²) < 4.78 is 35.0. The maximum atomic E-state index is 14.1. The van der Waals surface area contributed by atoms with Gasteiger partial charge in [-0.15, -0.1) is 0 Å². The Balaban J connectivity index is 2.13. The van der Waals surface area contributed by atoms with E-state index in [0.717, 1.165) is 34.8 Å². The van der Waals surface area contributed by atoms with Crippen LogP contribution < -0.4 is 15.9 Å². The number of hydrogen-bond acceptors (Lipinski definition) is 4. The summed E-state index contributed by atoms with van der Waals surface area (Å²) >= 11 is 0. The molecule has 0 bridgehead atoms. The van der Waals surface area contributed by atoms with Gasteiger partial charge in [0, 0.05) is 0 Å². The maximum absolute atomic E-state index is 14.1. The van der Waals surface area contributed by atoms with E-state index in [1.54, 1.807) is 0 Å². The van der Waals surface area contributed by atoms with Gasteiger partial charge in [-0.25, -0.2) is 0 Å². The third kappa shape index (κ3) is 4.48. The molecule has 0 atom stereocenters. The van der Waals surface area contributed by atoms with Crippen molar-refractivity contribution in [3.8, 4) is 0 Å². The fraction of sp³-hybridized carbons (Fsp3) is 0.138. The molecule has 5 nitrogen and oxygen atoms in total. The van der Waals surface area contributed by atoms with Crippen LogP contribution in [0.4, 0.5) is 0 Å². The van der Waals surface area contributed by atoms with E-state index in [1.165, 1.54) is 18.2 Å². The van der Waals surface area contributed by atoms with Gasteiger partial charge in [-0.1, -0.05) is 0 Å². The van der Waals surface area contributed by atoms with E-state index in [2.05, 4.69) is 6.92 Å². The number of benzene rings is 4. The molecule has 0 radical (unpaired) electrons. The molecule has 186 valence electrons. The van der Waals surface area contributed by atoms with E-state index in [9.17, 15) is 18.3 Å². The molecule has 0 saturated heterocycles. The SMILES string of the molecule is CCCCP(OS(=O)(=O)c1cccc(C(=O)O)c1)(c1ccccc1)(c1ccccc1)c1ccccc1. The first-order chi connectivity index (χ1) is 17.3. The Bertz CT molecular complexity index is 1340. The van der Waals surface area contributed by atoms with E-state index in [0.29, 0.717) is 6.16 Å². The zero-order chi connectivity index (χ0) is 25.7. The molecular weight excluding hydrogens is 491 g/mol. The molecule has 36 heavy (non-hydrogen) atoms. The number of rotatable bonds is 10. The summed E-state index contributed by atoms with van der Waals surface area (Å²) in [5.74, 6) is -1.20. The van der Waals surface area contributed by atoms with Gasteiger partial charge in [-0.2, -0.15) is 0 Å². The summed E-state index contributed by atoms with van der Waals surface area (Å²) in [6.45, 7) is -2.06. The molecule has 0 aliphatic rings. The number of carboxylic acids is 1. The predicted molar refractivity (Wildman–Crippen MR) is 147 cm³/mol. The fourth-order valence-electron chi connectivity index (χ4n) is 4.73. The third-order valence-corrected chi connectivity index (χ3v) is 14.8. The van der Waals surface area contributed by atoms with Crippen molar-refractivity contribution in [2.45, 2.75) is 24.7 Å². The van der Waals surface area contributed by atoms with E-state index < -0.39 is 22.9 Å². The van der Waals surface area contributed by atoms with E-state index in [-0.39, 0.29) is 10.5 Å². The molecule has 0 fully saturated rings. The standard InChI is InChI=1S/C29H29O5PS/c1-2-3-22-35(25-15-7-4-8-16-25,26-17-9-5-10-18-26,27-19-11-6-12-20-27)34-36(32,33)28-21-13-14-24(23-28)29(30)31/h4-21,23H,2-3,22H2,1H3,(H,30,31). The monoisotopic (exact) mass is 520 g/mol.